The van der Waals surface area contributed by atoms with E-state index in [4.69, 9.17) is 10.5 Å². The van der Waals surface area contributed by atoms with Crippen molar-refractivity contribution in [2.24, 2.45) is 5.73 Å². The van der Waals surface area contributed by atoms with Gasteiger partial charge in [0, 0.05) is 30.8 Å². The zero-order chi connectivity index (χ0) is 39.2. The largest absolute Gasteiger partial charge is 0.493 e. The number of ether oxygens (including phenoxy) is 1. The predicted molar refractivity (Wildman–Crippen MR) is 207 cm³/mol. The molecule has 55 heavy (non-hydrogen) atoms. The molecule has 0 saturated heterocycles. The summed E-state index contributed by atoms with van der Waals surface area (Å²) in [6, 6.07) is 38.4. The first-order valence-corrected chi connectivity index (χ1v) is 18.7. The number of hydrogen-bond acceptors (Lipinski definition) is 8. The van der Waals surface area contributed by atoms with Gasteiger partial charge in [0.2, 0.25) is 5.91 Å². The number of nitrogens with two attached hydrogens (primary N) is 1. The molecule has 1 aliphatic heterocycles. The highest BCUT2D eigenvalue weighted by molar-refractivity contribution is 7.98. The summed E-state index contributed by atoms with van der Waals surface area (Å²) in [5.74, 6) is -3.30. The number of fused-ring (bicyclic) bond motifs is 1. The normalized spacial score (nSPS) is 12.0. The van der Waals surface area contributed by atoms with E-state index < -0.39 is 36.8 Å². The highest BCUT2D eigenvalue weighted by Crippen LogP contribution is 2.34. The molecular weight excluding hydrogens is 730 g/mol. The molecule has 0 unspecified atom stereocenters. The number of carbonyl (C=O) groups excluding carboxylic acids is 3. The molecule has 0 saturated carbocycles. The molecule has 4 N–H and O–H groups in total. The Kier molecular flexibility index (Phi) is 14.5. The number of rotatable bonds is 11. The van der Waals surface area contributed by atoms with Gasteiger partial charge in [0.1, 0.15) is 5.75 Å². The number of alkyl halides is 3. The Labute approximate surface area is 322 Å². The summed E-state index contributed by atoms with van der Waals surface area (Å²) in [7, 11) is 0. The summed E-state index contributed by atoms with van der Waals surface area (Å²) in [5, 5.41) is 3.34. The molecule has 0 spiro atoms. The van der Waals surface area contributed by atoms with Gasteiger partial charge in [-0.25, -0.2) is 4.79 Å². The van der Waals surface area contributed by atoms with Crippen LogP contribution in [-0.4, -0.2) is 36.8 Å². The maximum atomic E-state index is 13.6. The minimum atomic E-state index is -5.28. The molecule has 9 nitrogen and oxygen atoms in total. The van der Waals surface area contributed by atoms with Crippen molar-refractivity contribution >= 4 is 35.2 Å². The third kappa shape index (κ3) is 11.9. The molecule has 0 aromatic heterocycles. The minimum Gasteiger partial charge on any atom is -0.455 e. The van der Waals surface area contributed by atoms with Crippen molar-refractivity contribution in [1.82, 2.24) is 10.8 Å². The molecule has 6 rings (SSSR count). The third-order valence-corrected chi connectivity index (χ3v) is 9.34. The van der Waals surface area contributed by atoms with Gasteiger partial charge in [-0.05, 0) is 89.0 Å². The van der Waals surface area contributed by atoms with Gasteiger partial charge in [-0.15, -0.1) is 11.8 Å². The maximum Gasteiger partial charge on any atom is 0.493 e. The Morgan fingerprint density at radius 3 is 2.16 bits per heavy atom. The van der Waals surface area contributed by atoms with Crippen LogP contribution >= 0.6 is 11.8 Å². The highest BCUT2D eigenvalue weighted by Gasteiger charge is 2.42. The van der Waals surface area contributed by atoms with Crippen LogP contribution in [0.15, 0.2) is 126 Å². The van der Waals surface area contributed by atoms with E-state index in [1.165, 1.54) is 27.9 Å². The number of nitrogens with zero attached hydrogens (tertiary/aromatic N) is 1. The number of benzene rings is 5. The molecule has 1 heterocycles. The molecule has 13 heteroatoms. The van der Waals surface area contributed by atoms with Gasteiger partial charge >= 0.3 is 12.1 Å². The van der Waals surface area contributed by atoms with Crippen molar-refractivity contribution in [3.05, 3.63) is 144 Å². The number of halogens is 3. The number of anilines is 1. The Morgan fingerprint density at radius 1 is 0.818 bits per heavy atom. The fourth-order valence-electron chi connectivity index (χ4n) is 5.69. The molecule has 0 atom stereocenters. The van der Waals surface area contributed by atoms with Crippen LogP contribution in [0.25, 0.3) is 11.1 Å². The van der Waals surface area contributed by atoms with Crippen molar-refractivity contribution in [1.29, 1.82) is 0 Å². The molecule has 0 fully saturated rings. The summed E-state index contributed by atoms with van der Waals surface area (Å²) in [6.45, 7) is 2.59. The molecule has 5 aromatic carbocycles. The smallest absolute Gasteiger partial charge is 0.455 e. The van der Waals surface area contributed by atoms with Crippen LogP contribution in [-0.2, 0) is 45.3 Å². The number of hydroxylamine groups is 1. The van der Waals surface area contributed by atoms with E-state index in [9.17, 15) is 27.6 Å². The number of hydrogen-bond donors (Lipinski definition) is 3. The van der Waals surface area contributed by atoms with Crippen LogP contribution in [0.5, 0.6) is 11.5 Å². The molecular formula is C42H41F3N4O5S. The van der Waals surface area contributed by atoms with Gasteiger partial charge in [-0.1, -0.05) is 84.9 Å². The monoisotopic (exact) mass is 770 g/mol. The van der Waals surface area contributed by atoms with Crippen LogP contribution in [0.4, 0.5) is 18.9 Å². The van der Waals surface area contributed by atoms with Crippen molar-refractivity contribution in [3.63, 3.8) is 0 Å². The minimum absolute atomic E-state index is 0.0957. The van der Waals surface area contributed by atoms with Crippen LogP contribution < -0.4 is 26.2 Å². The van der Waals surface area contributed by atoms with E-state index in [1.807, 2.05) is 60.9 Å². The van der Waals surface area contributed by atoms with E-state index in [2.05, 4.69) is 34.4 Å². The average Bonchev–Trinajstić information content (AvgIpc) is 3.21. The number of para-hydroxylation sites is 2. The standard InChI is InChI=1S/C33H30F3N3O5S.C9H11N/c1-45-27-15-13-25(14-16-27)24-11-9-22(10-12-24)21-39(31(41)18-17-30(40)38-44-32(42)33(34,35)36)28-7-2-3-8-29(28)43-26-6-4-5-23(19-26)20-37;1-2-4-9-7-10-6-5-8(9)3-1/h2-16,19H,17-18,20-21,37H2,1H3,(H,38,40);1-4,10H,5-7H2. The summed E-state index contributed by atoms with van der Waals surface area (Å²) in [5.41, 5.74) is 14.2. The number of carbonyl (C=O) groups is 3. The first-order chi connectivity index (χ1) is 26.5. The number of amides is 2. The molecule has 1 aliphatic rings. The topological polar surface area (TPSA) is 123 Å². The van der Waals surface area contributed by atoms with Gasteiger partial charge in [-0.2, -0.15) is 18.7 Å². The van der Waals surface area contributed by atoms with Gasteiger partial charge in [0.05, 0.1) is 12.2 Å². The summed E-state index contributed by atoms with van der Waals surface area (Å²) < 4.78 is 43.3. The maximum absolute atomic E-state index is 13.6. The Hall–Kier alpha value is -5.63. The van der Waals surface area contributed by atoms with E-state index in [0.29, 0.717) is 23.7 Å². The van der Waals surface area contributed by atoms with Crippen molar-refractivity contribution in [3.8, 4) is 22.6 Å². The van der Waals surface area contributed by atoms with Crippen LogP contribution in [0.1, 0.15) is 35.1 Å². The van der Waals surface area contributed by atoms with E-state index in [1.54, 1.807) is 54.2 Å². The Bertz CT molecular complexity index is 2040. The predicted octanol–water partition coefficient (Wildman–Crippen LogP) is 8.11. The van der Waals surface area contributed by atoms with E-state index in [0.717, 1.165) is 40.2 Å². The van der Waals surface area contributed by atoms with E-state index >= 15 is 0 Å². The number of thioether (sulfide) groups is 1. The summed E-state index contributed by atoms with van der Waals surface area (Å²) in [6.07, 6.45) is -3.01. The van der Waals surface area contributed by atoms with Gasteiger partial charge in [0.25, 0.3) is 5.91 Å². The molecule has 0 bridgehead atoms. The molecule has 5 aromatic rings. The lowest BCUT2D eigenvalue weighted by atomic mass is 10.0. The first kappa shape index (κ1) is 40.6. The van der Waals surface area contributed by atoms with Crippen LogP contribution in [0.3, 0.4) is 0 Å². The van der Waals surface area contributed by atoms with Crippen molar-refractivity contribution in [2.45, 2.75) is 50.0 Å². The van der Waals surface area contributed by atoms with Crippen molar-refractivity contribution < 1.29 is 37.1 Å². The quantitative estimate of drug-likeness (QED) is 0.0910. The second kappa shape index (κ2) is 19.6. The molecule has 2 amide bonds. The van der Waals surface area contributed by atoms with Gasteiger partial charge in [-0.3, -0.25) is 9.59 Å². The Balaban J connectivity index is 0.000000496. The SMILES string of the molecule is CSc1ccc(-c2ccc(CN(C(=O)CCC(=O)NOC(=O)C(F)(F)F)c3ccccc3Oc3cccc(CN)c3)cc2)cc1.c1ccc2c(c1)CCNC2. The second-order valence-corrected chi connectivity index (χ2v) is 13.3. The fraction of sp³-hybridized carbons (Fsp3) is 0.214. The summed E-state index contributed by atoms with van der Waals surface area (Å²) >= 11 is 1.65. The highest BCUT2D eigenvalue weighted by atomic mass is 32.2. The zero-order valence-corrected chi connectivity index (χ0v) is 30.9. The molecule has 286 valence electrons. The summed E-state index contributed by atoms with van der Waals surface area (Å²) in [4.78, 5) is 43.0. The van der Waals surface area contributed by atoms with E-state index in [-0.39, 0.29) is 6.54 Å². The lowest BCUT2D eigenvalue weighted by molar-refractivity contribution is -0.207. The average molecular weight is 771 g/mol. The molecule has 0 radical (unpaired) electrons. The third-order valence-electron chi connectivity index (χ3n) is 8.60. The fourth-order valence-corrected chi connectivity index (χ4v) is 6.10. The second-order valence-electron chi connectivity index (χ2n) is 12.4. The van der Waals surface area contributed by atoms with Crippen LogP contribution in [0, 0.1) is 0 Å². The first-order valence-electron chi connectivity index (χ1n) is 17.5. The molecule has 0 aliphatic carbocycles. The number of nitrogens with one attached hydrogen (secondary N) is 2. The van der Waals surface area contributed by atoms with Gasteiger partial charge < -0.3 is 25.5 Å². The zero-order valence-electron chi connectivity index (χ0n) is 30.1. The lowest BCUT2D eigenvalue weighted by Crippen LogP contribution is -2.36. The Morgan fingerprint density at radius 2 is 1.49 bits per heavy atom. The van der Waals surface area contributed by atoms with Gasteiger partial charge in [0.15, 0.2) is 5.75 Å². The lowest BCUT2D eigenvalue weighted by Gasteiger charge is -2.25. The van der Waals surface area contributed by atoms with Crippen LogP contribution in [0.2, 0.25) is 0 Å². The van der Waals surface area contributed by atoms with Crippen molar-refractivity contribution in [2.75, 3.05) is 17.7 Å².